The van der Waals surface area contributed by atoms with Crippen molar-refractivity contribution < 1.29 is 4.74 Å². The highest BCUT2D eigenvalue weighted by Crippen LogP contribution is 2.24. The topological polar surface area (TPSA) is 38.5 Å². The molecule has 0 aromatic heterocycles. The summed E-state index contributed by atoms with van der Waals surface area (Å²) in [5, 5.41) is 0. The minimum atomic E-state index is 0.371. The first kappa shape index (κ1) is 12.9. The highest BCUT2D eigenvalue weighted by atomic mass is 16.5. The van der Waals surface area contributed by atoms with Crippen molar-refractivity contribution in [2.75, 3.05) is 19.8 Å². The fraction of sp³-hybridized carbons (Fsp3) is 1.00. The summed E-state index contributed by atoms with van der Waals surface area (Å²) in [5.74, 6) is 0.586. The van der Waals surface area contributed by atoms with Gasteiger partial charge >= 0.3 is 0 Å². The Bertz CT molecular complexity index is 186. The lowest BCUT2D eigenvalue weighted by molar-refractivity contribution is 0.0149. The highest BCUT2D eigenvalue weighted by Gasteiger charge is 2.32. The van der Waals surface area contributed by atoms with E-state index in [9.17, 15) is 0 Å². The molecule has 0 aromatic rings. The third kappa shape index (κ3) is 3.16. The van der Waals surface area contributed by atoms with Crippen LogP contribution in [0.4, 0.5) is 0 Å². The molecule has 1 aliphatic rings. The summed E-state index contributed by atoms with van der Waals surface area (Å²) in [7, 11) is 0. The van der Waals surface area contributed by atoms with Gasteiger partial charge in [-0.15, -0.1) is 0 Å². The quantitative estimate of drug-likeness (QED) is 0.770. The van der Waals surface area contributed by atoms with E-state index in [4.69, 9.17) is 10.5 Å². The highest BCUT2D eigenvalue weighted by molar-refractivity contribution is 4.88. The van der Waals surface area contributed by atoms with Gasteiger partial charge in [0, 0.05) is 31.3 Å². The monoisotopic (exact) mass is 214 g/mol. The Morgan fingerprint density at radius 2 is 2.13 bits per heavy atom. The lowest BCUT2D eigenvalue weighted by atomic mass is 9.87. The lowest BCUT2D eigenvalue weighted by Gasteiger charge is -2.44. The molecule has 1 saturated heterocycles. The second kappa shape index (κ2) is 5.83. The molecule has 4 unspecified atom stereocenters. The fourth-order valence-corrected chi connectivity index (χ4v) is 2.43. The SMILES string of the molecule is CCOCC(C)N1CCC(N)C(C)C1C. The molecule has 0 amide bonds. The van der Waals surface area contributed by atoms with Crippen LogP contribution in [0, 0.1) is 5.92 Å². The van der Waals surface area contributed by atoms with Crippen molar-refractivity contribution in [1.82, 2.24) is 4.90 Å². The number of hydrogen-bond acceptors (Lipinski definition) is 3. The molecule has 1 aliphatic heterocycles. The molecule has 0 spiro atoms. The number of nitrogens with two attached hydrogens (primary N) is 1. The molecule has 1 heterocycles. The second-order valence-electron chi connectivity index (χ2n) is 4.80. The van der Waals surface area contributed by atoms with Gasteiger partial charge < -0.3 is 10.5 Å². The van der Waals surface area contributed by atoms with E-state index in [0.29, 0.717) is 24.0 Å². The van der Waals surface area contributed by atoms with Crippen molar-refractivity contribution in [2.45, 2.75) is 52.2 Å². The van der Waals surface area contributed by atoms with Gasteiger partial charge in [0.15, 0.2) is 0 Å². The first-order chi connectivity index (χ1) is 7.07. The van der Waals surface area contributed by atoms with E-state index < -0.39 is 0 Å². The Morgan fingerprint density at radius 3 is 2.73 bits per heavy atom. The first-order valence-corrected chi connectivity index (χ1v) is 6.17. The van der Waals surface area contributed by atoms with Gasteiger partial charge in [-0.25, -0.2) is 0 Å². The molecule has 0 radical (unpaired) electrons. The number of likely N-dealkylation sites (tertiary alicyclic amines) is 1. The smallest absolute Gasteiger partial charge is 0.0619 e. The van der Waals surface area contributed by atoms with Crippen molar-refractivity contribution in [3.63, 3.8) is 0 Å². The summed E-state index contributed by atoms with van der Waals surface area (Å²) in [5.41, 5.74) is 6.07. The van der Waals surface area contributed by atoms with Crippen LogP contribution >= 0.6 is 0 Å². The Kier molecular flexibility index (Phi) is 5.03. The Hall–Kier alpha value is -0.120. The molecule has 0 aliphatic carbocycles. The average Bonchev–Trinajstić information content (AvgIpc) is 2.23. The minimum absolute atomic E-state index is 0.371. The van der Waals surface area contributed by atoms with E-state index in [-0.39, 0.29) is 0 Å². The van der Waals surface area contributed by atoms with Gasteiger partial charge in [0.25, 0.3) is 0 Å². The van der Waals surface area contributed by atoms with E-state index in [1.165, 1.54) is 0 Å². The molecule has 4 atom stereocenters. The van der Waals surface area contributed by atoms with Crippen molar-refractivity contribution in [3.8, 4) is 0 Å². The number of hydrogen-bond donors (Lipinski definition) is 1. The largest absolute Gasteiger partial charge is 0.380 e. The van der Waals surface area contributed by atoms with Crippen LogP contribution in [-0.2, 0) is 4.74 Å². The van der Waals surface area contributed by atoms with E-state index >= 15 is 0 Å². The van der Waals surface area contributed by atoms with E-state index in [2.05, 4.69) is 25.7 Å². The molecular weight excluding hydrogens is 188 g/mol. The van der Waals surface area contributed by atoms with Crippen molar-refractivity contribution in [2.24, 2.45) is 11.7 Å². The van der Waals surface area contributed by atoms with Crippen molar-refractivity contribution >= 4 is 0 Å². The van der Waals surface area contributed by atoms with Crippen molar-refractivity contribution in [1.29, 1.82) is 0 Å². The average molecular weight is 214 g/mol. The molecule has 0 saturated carbocycles. The molecule has 90 valence electrons. The van der Waals surface area contributed by atoms with Gasteiger partial charge in [0.2, 0.25) is 0 Å². The van der Waals surface area contributed by atoms with Crippen LogP contribution in [0.1, 0.15) is 34.1 Å². The maximum atomic E-state index is 6.07. The molecule has 0 bridgehead atoms. The number of nitrogens with zero attached hydrogens (tertiary/aromatic N) is 1. The summed E-state index contributed by atoms with van der Waals surface area (Å²) in [6.07, 6.45) is 1.11. The van der Waals surface area contributed by atoms with Gasteiger partial charge in [0.05, 0.1) is 6.61 Å². The molecule has 0 aromatic carbocycles. The summed E-state index contributed by atoms with van der Waals surface area (Å²) in [6, 6.07) is 1.45. The summed E-state index contributed by atoms with van der Waals surface area (Å²) < 4.78 is 5.49. The molecule has 3 heteroatoms. The summed E-state index contributed by atoms with van der Waals surface area (Å²) >= 11 is 0. The van der Waals surface area contributed by atoms with Crippen LogP contribution in [0.5, 0.6) is 0 Å². The number of rotatable bonds is 4. The molecule has 2 N–H and O–H groups in total. The predicted octanol–water partition coefficient (Wildman–Crippen LogP) is 1.47. The lowest BCUT2D eigenvalue weighted by Crippen LogP contribution is -2.55. The van der Waals surface area contributed by atoms with Gasteiger partial charge in [-0.05, 0) is 33.1 Å². The van der Waals surface area contributed by atoms with E-state index in [0.717, 1.165) is 26.2 Å². The number of piperidine rings is 1. The standard InChI is InChI=1S/C12H26N2O/c1-5-15-8-9(2)14-7-6-12(13)10(3)11(14)4/h9-12H,5-8,13H2,1-4H3. The normalized spacial score (nSPS) is 35.4. The zero-order chi connectivity index (χ0) is 11.4. The second-order valence-corrected chi connectivity index (χ2v) is 4.80. The van der Waals surface area contributed by atoms with Crippen LogP contribution in [0.25, 0.3) is 0 Å². The van der Waals surface area contributed by atoms with Crippen molar-refractivity contribution in [3.05, 3.63) is 0 Å². The Morgan fingerprint density at radius 1 is 1.47 bits per heavy atom. The fourth-order valence-electron chi connectivity index (χ4n) is 2.43. The van der Waals surface area contributed by atoms with Crippen LogP contribution in [0.2, 0.25) is 0 Å². The first-order valence-electron chi connectivity index (χ1n) is 6.17. The maximum absolute atomic E-state index is 6.07. The van der Waals surface area contributed by atoms with Gasteiger partial charge in [-0.3, -0.25) is 4.90 Å². The van der Waals surface area contributed by atoms with Gasteiger partial charge in [-0.2, -0.15) is 0 Å². The number of ether oxygens (including phenoxy) is 1. The van der Waals surface area contributed by atoms with E-state index in [1.54, 1.807) is 0 Å². The molecule has 15 heavy (non-hydrogen) atoms. The summed E-state index contributed by atoms with van der Waals surface area (Å²) in [4.78, 5) is 2.53. The molecule has 1 fully saturated rings. The molecule has 1 rings (SSSR count). The van der Waals surface area contributed by atoms with Crippen LogP contribution in [0.15, 0.2) is 0 Å². The van der Waals surface area contributed by atoms with E-state index in [1.807, 2.05) is 6.92 Å². The molecule has 3 nitrogen and oxygen atoms in total. The third-order valence-electron chi connectivity index (χ3n) is 3.81. The zero-order valence-corrected chi connectivity index (χ0v) is 10.6. The minimum Gasteiger partial charge on any atom is -0.380 e. The Balaban J connectivity index is 2.47. The van der Waals surface area contributed by atoms with Crippen LogP contribution in [-0.4, -0.2) is 42.8 Å². The van der Waals surface area contributed by atoms with Gasteiger partial charge in [0.1, 0.15) is 0 Å². The van der Waals surface area contributed by atoms with Gasteiger partial charge in [-0.1, -0.05) is 6.92 Å². The predicted molar refractivity (Wildman–Crippen MR) is 63.9 cm³/mol. The zero-order valence-electron chi connectivity index (χ0n) is 10.6. The summed E-state index contributed by atoms with van der Waals surface area (Å²) in [6.45, 7) is 11.6. The van der Waals surface area contributed by atoms with Crippen LogP contribution in [0.3, 0.4) is 0 Å². The maximum Gasteiger partial charge on any atom is 0.0619 e. The Labute approximate surface area is 94.0 Å². The molecular formula is C12H26N2O. The van der Waals surface area contributed by atoms with Crippen LogP contribution < -0.4 is 5.73 Å². The third-order valence-corrected chi connectivity index (χ3v) is 3.81.